The van der Waals surface area contributed by atoms with Gasteiger partial charge in [0.25, 0.3) is 0 Å². The van der Waals surface area contributed by atoms with Crippen LogP contribution in [0.2, 0.25) is 0 Å². The van der Waals surface area contributed by atoms with Gasteiger partial charge in [-0.05, 0) is 32.6 Å². The van der Waals surface area contributed by atoms with Gasteiger partial charge in [0.05, 0.1) is 24.2 Å². The van der Waals surface area contributed by atoms with Gasteiger partial charge >= 0.3 is 0 Å². The van der Waals surface area contributed by atoms with Crippen molar-refractivity contribution in [1.29, 1.82) is 0 Å². The number of ether oxygens (including phenoxy) is 1. The predicted molar refractivity (Wildman–Crippen MR) is 65.9 cm³/mol. The predicted octanol–water partition coefficient (Wildman–Crippen LogP) is 3.22. The van der Waals surface area contributed by atoms with E-state index in [4.69, 9.17) is 4.74 Å². The third-order valence-electron chi connectivity index (χ3n) is 2.95. The Morgan fingerprint density at radius 3 is 2.88 bits per heavy atom. The van der Waals surface area contributed by atoms with E-state index in [1.165, 1.54) is 32.1 Å². The van der Waals surface area contributed by atoms with Crippen molar-refractivity contribution in [2.75, 3.05) is 11.9 Å². The molecule has 1 fully saturated rings. The molecule has 0 bridgehead atoms. The van der Waals surface area contributed by atoms with E-state index >= 15 is 0 Å². The fraction of sp³-hybridized carbons (Fsp3) is 0.615. The molecule has 0 radical (unpaired) electrons. The summed E-state index contributed by atoms with van der Waals surface area (Å²) in [5, 5.41) is 3.24. The SMILES string of the molecule is CCNc1cncc(OC2CCCCC2)c1. The number of pyridine rings is 1. The Labute approximate surface area is 97.2 Å². The highest BCUT2D eigenvalue weighted by Crippen LogP contribution is 2.24. The van der Waals surface area contributed by atoms with Crippen LogP contribution >= 0.6 is 0 Å². The van der Waals surface area contributed by atoms with Crippen LogP contribution in [0.3, 0.4) is 0 Å². The highest BCUT2D eigenvalue weighted by Gasteiger charge is 2.14. The molecule has 2 rings (SSSR count). The summed E-state index contributed by atoms with van der Waals surface area (Å²) in [7, 11) is 0. The fourth-order valence-electron chi connectivity index (χ4n) is 2.16. The van der Waals surface area contributed by atoms with Crippen molar-refractivity contribution >= 4 is 5.69 Å². The maximum Gasteiger partial charge on any atom is 0.140 e. The molecule has 0 atom stereocenters. The highest BCUT2D eigenvalue weighted by molar-refractivity contribution is 5.44. The number of rotatable bonds is 4. The maximum atomic E-state index is 5.94. The smallest absolute Gasteiger partial charge is 0.140 e. The Hall–Kier alpha value is -1.25. The summed E-state index contributed by atoms with van der Waals surface area (Å²) in [5.41, 5.74) is 1.04. The molecule has 0 unspecified atom stereocenters. The summed E-state index contributed by atoms with van der Waals surface area (Å²) < 4.78 is 5.94. The van der Waals surface area contributed by atoms with Crippen LogP contribution in [0, 0.1) is 0 Å². The van der Waals surface area contributed by atoms with E-state index in [1.54, 1.807) is 6.20 Å². The molecule has 3 heteroatoms. The van der Waals surface area contributed by atoms with Crippen molar-refractivity contribution in [3.63, 3.8) is 0 Å². The maximum absolute atomic E-state index is 5.94. The first-order valence-corrected chi connectivity index (χ1v) is 6.24. The van der Waals surface area contributed by atoms with Gasteiger partial charge in [-0.1, -0.05) is 6.42 Å². The number of anilines is 1. The minimum atomic E-state index is 0.396. The number of hydrogen-bond acceptors (Lipinski definition) is 3. The zero-order valence-electron chi connectivity index (χ0n) is 9.91. The molecule has 1 aliphatic rings. The van der Waals surface area contributed by atoms with Gasteiger partial charge in [0.2, 0.25) is 0 Å². The van der Waals surface area contributed by atoms with Crippen LogP contribution in [-0.4, -0.2) is 17.6 Å². The molecule has 88 valence electrons. The molecule has 1 aromatic rings. The van der Waals surface area contributed by atoms with Crippen molar-refractivity contribution in [2.45, 2.75) is 45.1 Å². The standard InChI is InChI=1S/C13H20N2O/c1-2-15-11-8-13(10-14-9-11)16-12-6-4-3-5-7-12/h8-10,12,15H,2-7H2,1H3. The molecule has 0 aliphatic heterocycles. The van der Waals surface area contributed by atoms with Crippen LogP contribution in [0.5, 0.6) is 5.75 Å². The van der Waals surface area contributed by atoms with Crippen LogP contribution in [0.1, 0.15) is 39.0 Å². The molecule has 1 heterocycles. The van der Waals surface area contributed by atoms with E-state index < -0.39 is 0 Å². The summed E-state index contributed by atoms with van der Waals surface area (Å²) in [5.74, 6) is 0.894. The second kappa shape index (κ2) is 5.73. The first kappa shape index (κ1) is 11.2. The van der Waals surface area contributed by atoms with Crippen molar-refractivity contribution in [1.82, 2.24) is 4.98 Å². The van der Waals surface area contributed by atoms with Gasteiger partial charge in [0.1, 0.15) is 5.75 Å². The van der Waals surface area contributed by atoms with Crippen molar-refractivity contribution in [3.05, 3.63) is 18.5 Å². The van der Waals surface area contributed by atoms with E-state index in [9.17, 15) is 0 Å². The minimum absolute atomic E-state index is 0.396. The summed E-state index contributed by atoms with van der Waals surface area (Å²) >= 11 is 0. The van der Waals surface area contributed by atoms with Crippen LogP contribution < -0.4 is 10.1 Å². The third-order valence-corrected chi connectivity index (χ3v) is 2.95. The topological polar surface area (TPSA) is 34.2 Å². The average molecular weight is 220 g/mol. The van der Waals surface area contributed by atoms with Gasteiger partial charge in [-0.15, -0.1) is 0 Å². The first-order valence-electron chi connectivity index (χ1n) is 6.24. The lowest BCUT2D eigenvalue weighted by Crippen LogP contribution is -2.19. The molecule has 3 nitrogen and oxygen atoms in total. The Bertz CT molecular complexity index is 321. The minimum Gasteiger partial charge on any atom is -0.489 e. The molecule has 1 N–H and O–H groups in total. The summed E-state index contributed by atoms with van der Waals surface area (Å²) in [6, 6.07) is 2.03. The lowest BCUT2D eigenvalue weighted by atomic mass is 9.98. The Morgan fingerprint density at radius 2 is 2.12 bits per heavy atom. The second-order valence-corrected chi connectivity index (χ2v) is 4.32. The Kier molecular flexibility index (Phi) is 4.03. The second-order valence-electron chi connectivity index (χ2n) is 4.32. The largest absolute Gasteiger partial charge is 0.489 e. The average Bonchev–Trinajstić information content (AvgIpc) is 2.31. The molecular weight excluding hydrogens is 200 g/mol. The monoisotopic (exact) mass is 220 g/mol. The zero-order chi connectivity index (χ0) is 11.2. The number of aromatic nitrogens is 1. The lowest BCUT2D eigenvalue weighted by Gasteiger charge is -2.22. The molecule has 1 aromatic heterocycles. The Balaban J connectivity index is 1.94. The van der Waals surface area contributed by atoms with Gasteiger partial charge in [-0.3, -0.25) is 4.98 Å². The number of nitrogens with one attached hydrogen (secondary N) is 1. The van der Waals surface area contributed by atoms with E-state index in [1.807, 2.05) is 12.3 Å². The lowest BCUT2D eigenvalue weighted by molar-refractivity contribution is 0.154. The summed E-state index contributed by atoms with van der Waals surface area (Å²) in [6.07, 6.45) is 10.3. The van der Waals surface area contributed by atoms with Gasteiger partial charge in [-0.25, -0.2) is 0 Å². The van der Waals surface area contributed by atoms with Gasteiger partial charge in [0.15, 0.2) is 0 Å². The molecule has 0 aromatic carbocycles. The van der Waals surface area contributed by atoms with E-state index in [-0.39, 0.29) is 0 Å². The molecule has 16 heavy (non-hydrogen) atoms. The zero-order valence-corrected chi connectivity index (χ0v) is 9.91. The molecule has 0 amide bonds. The van der Waals surface area contributed by atoms with Crippen LogP contribution in [0.15, 0.2) is 18.5 Å². The molecule has 1 aliphatic carbocycles. The van der Waals surface area contributed by atoms with Gasteiger partial charge in [-0.2, -0.15) is 0 Å². The normalized spacial score (nSPS) is 17.1. The Morgan fingerprint density at radius 1 is 1.31 bits per heavy atom. The van der Waals surface area contributed by atoms with Crippen LogP contribution in [0.4, 0.5) is 5.69 Å². The van der Waals surface area contributed by atoms with Crippen LogP contribution in [0.25, 0.3) is 0 Å². The van der Waals surface area contributed by atoms with E-state index in [2.05, 4.69) is 17.2 Å². The summed E-state index contributed by atoms with van der Waals surface area (Å²) in [6.45, 7) is 2.99. The highest BCUT2D eigenvalue weighted by atomic mass is 16.5. The number of nitrogens with zero attached hydrogens (tertiary/aromatic N) is 1. The number of hydrogen-bond donors (Lipinski definition) is 1. The summed E-state index contributed by atoms with van der Waals surface area (Å²) in [4.78, 5) is 4.18. The van der Waals surface area contributed by atoms with Gasteiger partial charge < -0.3 is 10.1 Å². The quantitative estimate of drug-likeness (QED) is 0.846. The first-order chi connectivity index (χ1) is 7.88. The van der Waals surface area contributed by atoms with Gasteiger partial charge in [0, 0.05) is 12.6 Å². The van der Waals surface area contributed by atoms with Crippen molar-refractivity contribution < 1.29 is 4.74 Å². The molecule has 1 saturated carbocycles. The van der Waals surface area contributed by atoms with E-state index in [0.717, 1.165) is 18.0 Å². The molecular formula is C13H20N2O. The van der Waals surface area contributed by atoms with Crippen molar-refractivity contribution in [2.24, 2.45) is 0 Å². The van der Waals surface area contributed by atoms with Crippen molar-refractivity contribution in [3.8, 4) is 5.75 Å². The fourth-order valence-corrected chi connectivity index (χ4v) is 2.16. The molecule has 0 spiro atoms. The third kappa shape index (κ3) is 3.12. The molecule has 0 saturated heterocycles. The van der Waals surface area contributed by atoms with Crippen LogP contribution in [-0.2, 0) is 0 Å². The van der Waals surface area contributed by atoms with E-state index in [0.29, 0.717) is 6.10 Å².